The van der Waals surface area contributed by atoms with E-state index >= 15 is 0 Å². The number of aliphatic hydroxyl groups excluding tert-OH is 1. The first kappa shape index (κ1) is 13.3. The molecule has 18 heavy (non-hydrogen) atoms. The Kier molecular flexibility index (Phi) is 4.15. The Hall–Kier alpha value is -1.18. The predicted molar refractivity (Wildman–Crippen MR) is 71.2 cm³/mol. The molecule has 7 heteroatoms. The highest BCUT2D eigenvalue weighted by atomic mass is 79.9. The highest BCUT2D eigenvalue weighted by Crippen LogP contribution is 2.41. The molecule has 0 aliphatic heterocycles. The highest BCUT2D eigenvalue weighted by Gasteiger charge is 2.21. The van der Waals surface area contributed by atoms with Gasteiger partial charge < -0.3 is 14.6 Å². The Morgan fingerprint density at radius 1 is 1.33 bits per heavy atom. The predicted octanol–water partition coefficient (Wildman–Crippen LogP) is 2.40. The molecule has 0 amide bonds. The zero-order chi connectivity index (χ0) is 13.1. The second-order valence-corrected chi connectivity index (χ2v) is 5.04. The van der Waals surface area contributed by atoms with Crippen LogP contribution in [0.1, 0.15) is 16.5 Å². The highest BCUT2D eigenvalue weighted by molar-refractivity contribution is 9.10. The SMILES string of the molecule is COc1ccc(C(O)c2cnns2)c(OC)c1Br. The standard InChI is InChI=1S/C11H11BrN2O3S/c1-16-7-4-3-6(11(17-2)9(7)12)10(15)8-5-13-14-18-8/h3-5,10,15H,1-2H3. The molecule has 1 aromatic heterocycles. The lowest BCUT2D eigenvalue weighted by molar-refractivity contribution is 0.217. The number of rotatable bonds is 4. The Morgan fingerprint density at radius 3 is 2.67 bits per heavy atom. The summed E-state index contributed by atoms with van der Waals surface area (Å²) in [6.07, 6.45) is 0.717. The van der Waals surface area contributed by atoms with Gasteiger partial charge in [0, 0.05) is 5.56 Å². The maximum Gasteiger partial charge on any atom is 0.142 e. The molecule has 1 atom stereocenters. The number of hydrogen-bond acceptors (Lipinski definition) is 6. The molecule has 0 bridgehead atoms. The molecule has 2 rings (SSSR count). The normalized spacial score (nSPS) is 12.2. The van der Waals surface area contributed by atoms with E-state index < -0.39 is 6.10 Å². The second-order valence-electron chi connectivity index (χ2n) is 3.43. The molecule has 0 saturated carbocycles. The third kappa shape index (κ3) is 2.33. The number of hydrogen-bond donors (Lipinski definition) is 1. The first-order chi connectivity index (χ1) is 8.69. The van der Waals surface area contributed by atoms with Crippen LogP contribution < -0.4 is 9.47 Å². The average molecular weight is 331 g/mol. The van der Waals surface area contributed by atoms with Crippen LogP contribution in [0.2, 0.25) is 0 Å². The molecule has 96 valence electrons. The molecule has 5 nitrogen and oxygen atoms in total. The van der Waals surface area contributed by atoms with Crippen LogP contribution in [-0.4, -0.2) is 28.9 Å². The van der Waals surface area contributed by atoms with Crippen LogP contribution in [-0.2, 0) is 0 Å². The summed E-state index contributed by atoms with van der Waals surface area (Å²) in [5.41, 5.74) is 0.635. The maximum absolute atomic E-state index is 10.3. The fourth-order valence-electron chi connectivity index (χ4n) is 1.58. The minimum atomic E-state index is -0.817. The van der Waals surface area contributed by atoms with Crippen LogP contribution in [0.15, 0.2) is 22.8 Å². The number of benzene rings is 1. The van der Waals surface area contributed by atoms with E-state index in [1.54, 1.807) is 26.4 Å². The summed E-state index contributed by atoms with van der Waals surface area (Å²) >= 11 is 4.54. The minimum Gasteiger partial charge on any atom is -0.495 e. The van der Waals surface area contributed by atoms with E-state index in [0.717, 1.165) is 11.5 Å². The van der Waals surface area contributed by atoms with Gasteiger partial charge in [0.1, 0.15) is 22.1 Å². The van der Waals surface area contributed by atoms with E-state index in [2.05, 4.69) is 25.5 Å². The van der Waals surface area contributed by atoms with Crippen molar-refractivity contribution in [1.82, 2.24) is 9.59 Å². The molecular formula is C11H11BrN2O3S. The van der Waals surface area contributed by atoms with Crippen LogP contribution in [0.3, 0.4) is 0 Å². The molecule has 1 heterocycles. The number of aromatic nitrogens is 2. The van der Waals surface area contributed by atoms with Gasteiger partial charge in [-0.2, -0.15) is 0 Å². The van der Waals surface area contributed by atoms with Gasteiger partial charge in [0.15, 0.2) is 0 Å². The quantitative estimate of drug-likeness (QED) is 0.932. The van der Waals surface area contributed by atoms with Crippen LogP contribution >= 0.6 is 27.5 Å². The number of aliphatic hydroxyl groups is 1. The van der Waals surface area contributed by atoms with Crippen molar-refractivity contribution in [2.24, 2.45) is 0 Å². The van der Waals surface area contributed by atoms with Crippen molar-refractivity contribution in [2.45, 2.75) is 6.10 Å². The van der Waals surface area contributed by atoms with Gasteiger partial charge in [-0.3, -0.25) is 0 Å². The average Bonchev–Trinajstić information content (AvgIpc) is 2.91. The molecule has 1 unspecified atom stereocenters. The van der Waals surface area contributed by atoms with Crippen LogP contribution in [0.5, 0.6) is 11.5 Å². The first-order valence-electron chi connectivity index (χ1n) is 5.04. The fraction of sp³-hybridized carbons (Fsp3) is 0.273. The smallest absolute Gasteiger partial charge is 0.142 e. The summed E-state index contributed by atoms with van der Waals surface area (Å²) in [7, 11) is 3.11. The topological polar surface area (TPSA) is 64.5 Å². The van der Waals surface area contributed by atoms with Crippen molar-refractivity contribution in [1.29, 1.82) is 0 Å². The molecular weight excluding hydrogens is 320 g/mol. The lowest BCUT2D eigenvalue weighted by Gasteiger charge is -2.16. The zero-order valence-electron chi connectivity index (χ0n) is 9.75. The Bertz CT molecular complexity index is 533. The molecule has 0 radical (unpaired) electrons. The molecule has 0 fully saturated rings. The minimum absolute atomic E-state index is 0.537. The van der Waals surface area contributed by atoms with Gasteiger partial charge in [0.05, 0.1) is 25.3 Å². The van der Waals surface area contributed by atoms with Crippen molar-refractivity contribution >= 4 is 27.5 Å². The maximum atomic E-state index is 10.3. The third-order valence-corrected chi connectivity index (χ3v) is 3.92. The molecule has 1 N–H and O–H groups in total. The van der Waals surface area contributed by atoms with Gasteiger partial charge >= 0.3 is 0 Å². The first-order valence-corrected chi connectivity index (χ1v) is 6.61. The lowest BCUT2D eigenvalue weighted by atomic mass is 10.1. The summed E-state index contributed by atoms with van der Waals surface area (Å²) in [5.74, 6) is 1.18. The van der Waals surface area contributed by atoms with Gasteiger partial charge in [-0.15, -0.1) is 5.10 Å². The molecule has 1 aromatic carbocycles. The Labute approximate surface area is 117 Å². The largest absolute Gasteiger partial charge is 0.495 e. The van der Waals surface area contributed by atoms with Gasteiger partial charge in [0.2, 0.25) is 0 Å². The van der Waals surface area contributed by atoms with Crippen molar-refractivity contribution in [3.8, 4) is 11.5 Å². The van der Waals surface area contributed by atoms with E-state index in [9.17, 15) is 5.11 Å². The van der Waals surface area contributed by atoms with E-state index in [-0.39, 0.29) is 0 Å². The van der Waals surface area contributed by atoms with Crippen LogP contribution in [0.25, 0.3) is 0 Å². The van der Waals surface area contributed by atoms with E-state index in [1.807, 2.05) is 0 Å². The number of nitrogens with zero attached hydrogens (tertiary/aromatic N) is 2. The molecule has 0 aliphatic rings. The van der Waals surface area contributed by atoms with Crippen molar-refractivity contribution in [3.05, 3.63) is 33.2 Å². The van der Waals surface area contributed by atoms with Gasteiger partial charge in [0.25, 0.3) is 0 Å². The van der Waals surface area contributed by atoms with E-state index in [4.69, 9.17) is 9.47 Å². The van der Waals surface area contributed by atoms with Gasteiger partial charge in [-0.1, -0.05) is 4.49 Å². The second kappa shape index (κ2) is 5.64. The summed E-state index contributed by atoms with van der Waals surface area (Å²) < 4.78 is 14.9. The van der Waals surface area contributed by atoms with E-state index in [0.29, 0.717) is 26.4 Å². The van der Waals surface area contributed by atoms with Crippen LogP contribution in [0, 0.1) is 0 Å². The monoisotopic (exact) mass is 330 g/mol. The summed E-state index contributed by atoms with van der Waals surface area (Å²) in [6, 6.07) is 3.52. The molecule has 0 saturated heterocycles. The lowest BCUT2D eigenvalue weighted by Crippen LogP contribution is -2.02. The molecule has 0 aliphatic carbocycles. The van der Waals surface area contributed by atoms with E-state index in [1.165, 1.54) is 6.20 Å². The molecule has 0 spiro atoms. The van der Waals surface area contributed by atoms with Crippen LogP contribution in [0.4, 0.5) is 0 Å². The zero-order valence-corrected chi connectivity index (χ0v) is 12.2. The Balaban J connectivity index is 2.48. The Morgan fingerprint density at radius 2 is 2.11 bits per heavy atom. The summed E-state index contributed by atoms with van der Waals surface area (Å²) in [6.45, 7) is 0. The fourth-order valence-corrected chi connectivity index (χ4v) is 2.78. The van der Waals surface area contributed by atoms with Crippen molar-refractivity contribution in [2.75, 3.05) is 14.2 Å². The summed E-state index contributed by atoms with van der Waals surface area (Å²) in [4.78, 5) is 0.658. The number of ether oxygens (including phenoxy) is 2. The summed E-state index contributed by atoms with van der Waals surface area (Å²) in [5, 5.41) is 14.0. The molecule has 2 aromatic rings. The van der Waals surface area contributed by atoms with Gasteiger partial charge in [-0.05, 0) is 39.6 Å². The number of methoxy groups -OCH3 is 2. The third-order valence-electron chi connectivity index (χ3n) is 2.46. The van der Waals surface area contributed by atoms with Crippen molar-refractivity contribution < 1.29 is 14.6 Å². The van der Waals surface area contributed by atoms with Crippen molar-refractivity contribution in [3.63, 3.8) is 0 Å². The van der Waals surface area contributed by atoms with Gasteiger partial charge in [-0.25, -0.2) is 0 Å². The number of halogens is 1.